The molecule has 7 heteroatoms. The lowest BCUT2D eigenvalue weighted by Gasteiger charge is -2.37. The summed E-state index contributed by atoms with van der Waals surface area (Å²) in [7, 11) is 0. The molecule has 0 aromatic heterocycles. The van der Waals surface area contributed by atoms with Crippen LogP contribution in [0.4, 0.5) is 5.69 Å². The van der Waals surface area contributed by atoms with Gasteiger partial charge in [0.1, 0.15) is 0 Å². The summed E-state index contributed by atoms with van der Waals surface area (Å²) in [6.45, 7) is 0.444. The van der Waals surface area contributed by atoms with Gasteiger partial charge in [0.2, 0.25) is 0 Å². The van der Waals surface area contributed by atoms with Crippen molar-refractivity contribution in [2.45, 2.75) is 31.7 Å². The lowest BCUT2D eigenvalue weighted by Crippen LogP contribution is -2.44. The van der Waals surface area contributed by atoms with Crippen molar-refractivity contribution in [2.24, 2.45) is 0 Å². The number of amides is 1. The van der Waals surface area contributed by atoms with Crippen molar-refractivity contribution in [3.05, 3.63) is 33.9 Å². The van der Waals surface area contributed by atoms with E-state index in [-0.39, 0.29) is 24.1 Å². The van der Waals surface area contributed by atoms with E-state index in [2.05, 4.69) is 0 Å². The summed E-state index contributed by atoms with van der Waals surface area (Å²) in [5.74, 6) is -0.778. The van der Waals surface area contributed by atoms with Gasteiger partial charge in [-0.2, -0.15) is 0 Å². The smallest absolute Gasteiger partial charge is 0.310 e. The van der Waals surface area contributed by atoms with Crippen LogP contribution >= 0.6 is 0 Å². The number of nitrogens with zero attached hydrogens (tertiary/aromatic N) is 2. The lowest BCUT2D eigenvalue weighted by molar-refractivity contribution is -0.385. The van der Waals surface area contributed by atoms with Gasteiger partial charge in [-0.3, -0.25) is 14.9 Å². The third-order valence-electron chi connectivity index (χ3n) is 3.75. The molecule has 1 fully saturated rings. The highest BCUT2D eigenvalue weighted by atomic mass is 16.6. The van der Waals surface area contributed by atoms with Crippen molar-refractivity contribution >= 4 is 11.6 Å². The van der Waals surface area contributed by atoms with Crippen molar-refractivity contribution in [3.63, 3.8) is 0 Å². The fraction of sp³-hybridized carbons (Fsp3) is 0.500. The molecule has 0 radical (unpaired) electrons. The molecule has 0 atom stereocenters. The van der Waals surface area contributed by atoms with Crippen molar-refractivity contribution < 1.29 is 19.9 Å². The van der Waals surface area contributed by atoms with Gasteiger partial charge in [-0.25, -0.2) is 0 Å². The quantitative estimate of drug-likeness (QED) is 0.613. The fourth-order valence-corrected chi connectivity index (χ4v) is 2.37. The molecular weight excluding hydrogens is 276 g/mol. The maximum atomic E-state index is 12.5. The van der Waals surface area contributed by atoms with E-state index < -0.39 is 16.4 Å². The lowest BCUT2D eigenvalue weighted by atomic mass is 9.90. The Hall–Kier alpha value is -2.15. The van der Waals surface area contributed by atoms with Crippen LogP contribution in [-0.4, -0.2) is 45.1 Å². The second kappa shape index (κ2) is 6.53. The summed E-state index contributed by atoms with van der Waals surface area (Å²) in [5, 5.41) is 29.2. The first-order valence-corrected chi connectivity index (χ1v) is 6.94. The topological polar surface area (TPSA) is 104 Å². The Labute approximate surface area is 122 Å². The van der Waals surface area contributed by atoms with Gasteiger partial charge in [0.25, 0.3) is 5.91 Å². The van der Waals surface area contributed by atoms with Gasteiger partial charge in [-0.15, -0.1) is 0 Å². The first-order chi connectivity index (χ1) is 10.0. The third-order valence-corrected chi connectivity index (χ3v) is 3.75. The highest BCUT2D eigenvalue weighted by molar-refractivity contribution is 5.95. The number of carbonyl (C=O) groups is 1. The van der Waals surface area contributed by atoms with Gasteiger partial charge in [0.05, 0.1) is 4.92 Å². The first kappa shape index (κ1) is 15.2. The second-order valence-corrected chi connectivity index (χ2v) is 5.12. The predicted octanol–water partition coefficient (Wildman–Crippen LogP) is 1.68. The van der Waals surface area contributed by atoms with Gasteiger partial charge in [-0.05, 0) is 37.8 Å². The molecule has 114 valence electrons. The van der Waals surface area contributed by atoms with E-state index in [1.165, 1.54) is 6.07 Å². The Balaban J connectivity index is 2.19. The molecule has 0 aliphatic heterocycles. The number of rotatable bonds is 6. The summed E-state index contributed by atoms with van der Waals surface area (Å²) < 4.78 is 0. The maximum Gasteiger partial charge on any atom is 0.310 e. The summed E-state index contributed by atoms with van der Waals surface area (Å²) in [6, 6.07) is 3.77. The van der Waals surface area contributed by atoms with Crippen LogP contribution in [0, 0.1) is 10.1 Å². The van der Waals surface area contributed by atoms with Crippen LogP contribution in [0.25, 0.3) is 0 Å². The molecule has 0 saturated heterocycles. The predicted molar refractivity (Wildman–Crippen MR) is 75.1 cm³/mol. The maximum absolute atomic E-state index is 12.5. The van der Waals surface area contributed by atoms with Crippen LogP contribution in [0.1, 0.15) is 36.0 Å². The number of aromatic hydroxyl groups is 1. The summed E-state index contributed by atoms with van der Waals surface area (Å²) >= 11 is 0. The molecule has 7 nitrogen and oxygen atoms in total. The Morgan fingerprint density at radius 1 is 1.43 bits per heavy atom. The van der Waals surface area contributed by atoms with Crippen molar-refractivity contribution in [2.75, 3.05) is 13.2 Å². The highest BCUT2D eigenvalue weighted by Crippen LogP contribution is 2.30. The van der Waals surface area contributed by atoms with Crippen molar-refractivity contribution in [3.8, 4) is 5.75 Å². The van der Waals surface area contributed by atoms with Crippen LogP contribution in [0.5, 0.6) is 5.75 Å². The van der Waals surface area contributed by atoms with Gasteiger partial charge >= 0.3 is 5.69 Å². The minimum atomic E-state index is -0.695. The Morgan fingerprint density at radius 2 is 2.14 bits per heavy atom. The number of carbonyl (C=O) groups excluding carboxylic acids is 1. The van der Waals surface area contributed by atoms with E-state index in [4.69, 9.17) is 5.11 Å². The molecule has 1 amide bonds. The third kappa shape index (κ3) is 3.30. The number of hydrogen-bond donors (Lipinski definition) is 2. The van der Waals surface area contributed by atoms with Gasteiger partial charge in [0.15, 0.2) is 5.75 Å². The van der Waals surface area contributed by atoms with E-state index in [0.29, 0.717) is 13.0 Å². The first-order valence-electron chi connectivity index (χ1n) is 6.94. The van der Waals surface area contributed by atoms with Crippen LogP contribution in [0.3, 0.4) is 0 Å². The zero-order chi connectivity index (χ0) is 15.4. The highest BCUT2D eigenvalue weighted by Gasteiger charge is 2.29. The zero-order valence-corrected chi connectivity index (χ0v) is 11.6. The Kier molecular flexibility index (Phi) is 4.74. The number of aliphatic hydroxyl groups excluding tert-OH is 1. The SMILES string of the molecule is O=C(c1ccc([N+](=O)[O-])c(O)c1)N(CCCO)C1CCC1. The number of phenolic OH excluding ortho intramolecular Hbond substituents is 1. The molecule has 1 aliphatic carbocycles. The average molecular weight is 294 g/mol. The average Bonchev–Trinajstić information content (AvgIpc) is 2.39. The minimum Gasteiger partial charge on any atom is -0.502 e. The van der Waals surface area contributed by atoms with Gasteiger partial charge in [-0.1, -0.05) is 0 Å². The number of hydrogen-bond acceptors (Lipinski definition) is 5. The van der Waals surface area contributed by atoms with Crippen LogP contribution in [0.2, 0.25) is 0 Å². The largest absolute Gasteiger partial charge is 0.502 e. The summed E-state index contributed by atoms with van der Waals surface area (Å²) in [5.41, 5.74) is -0.194. The normalized spacial score (nSPS) is 14.5. The molecule has 2 N–H and O–H groups in total. The Bertz CT molecular complexity index is 542. The van der Waals surface area contributed by atoms with E-state index in [0.717, 1.165) is 31.4 Å². The standard InChI is InChI=1S/C14H18N2O5/c17-8-2-7-15(11-3-1-4-11)14(19)10-5-6-12(16(20)21)13(18)9-10/h5-6,9,11,17-18H,1-4,7-8H2. The molecule has 2 rings (SSSR count). The number of nitro benzene ring substituents is 1. The molecule has 21 heavy (non-hydrogen) atoms. The number of phenols is 1. The van der Waals surface area contributed by atoms with Crippen molar-refractivity contribution in [1.29, 1.82) is 0 Å². The van der Waals surface area contributed by atoms with Gasteiger partial charge < -0.3 is 15.1 Å². The molecule has 1 aromatic rings. The molecule has 1 saturated carbocycles. The number of benzene rings is 1. The van der Waals surface area contributed by atoms with E-state index in [1.54, 1.807) is 4.90 Å². The van der Waals surface area contributed by atoms with E-state index in [9.17, 15) is 20.0 Å². The molecule has 0 heterocycles. The van der Waals surface area contributed by atoms with Crippen LogP contribution < -0.4 is 0 Å². The molecule has 0 bridgehead atoms. The second-order valence-electron chi connectivity index (χ2n) is 5.12. The molecule has 1 aromatic carbocycles. The molecule has 1 aliphatic rings. The molecule has 0 unspecified atom stereocenters. The Morgan fingerprint density at radius 3 is 2.62 bits per heavy atom. The minimum absolute atomic E-state index is 0.00200. The molecule has 0 spiro atoms. The monoisotopic (exact) mass is 294 g/mol. The van der Waals surface area contributed by atoms with Crippen LogP contribution in [0.15, 0.2) is 18.2 Å². The van der Waals surface area contributed by atoms with Gasteiger partial charge in [0, 0.05) is 30.8 Å². The van der Waals surface area contributed by atoms with E-state index in [1.807, 2.05) is 0 Å². The van der Waals surface area contributed by atoms with E-state index >= 15 is 0 Å². The number of aliphatic hydroxyl groups is 1. The summed E-state index contributed by atoms with van der Waals surface area (Å²) in [4.78, 5) is 24.1. The summed E-state index contributed by atoms with van der Waals surface area (Å²) in [6.07, 6.45) is 3.41. The van der Waals surface area contributed by atoms with Crippen molar-refractivity contribution in [1.82, 2.24) is 4.90 Å². The molecular formula is C14H18N2O5. The number of nitro groups is 1. The van der Waals surface area contributed by atoms with Crippen LogP contribution in [-0.2, 0) is 0 Å². The zero-order valence-electron chi connectivity index (χ0n) is 11.6. The fourth-order valence-electron chi connectivity index (χ4n) is 2.37.